The molecule has 1 atom stereocenters. The van der Waals surface area contributed by atoms with Crippen molar-refractivity contribution in [3.05, 3.63) is 101 Å². The maximum atomic E-state index is 13.0. The maximum absolute atomic E-state index is 13.0. The molecular formula is C24H22N2O2. The van der Waals surface area contributed by atoms with Crippen molar-refractivity contribution >= 4 is 17.5 Å². The molecule has 0 radical (unpaired) electrons. The average Bonchev–Trinajstić information content (AvgIpc) is 3.07. The number of hydrogen-bond acceptors (Lipinski definition) is 2. The number of fused-ring (bicyclic) bond motifs is 1. The smallest absolute Gasteiger partial charge is 0.258 e. The Labute approximate surface area is 164 Å². The number of nitrogens with one attached hydrogen (secondary N) is 1. The van der Waals surface area contributed by atoms with E-state index in [1.165, 1.54) is 0 Å². The van der Waals surface area contributed by atoms with Gasteiger partial charge in [0.2, 0.25) is 0 Å². The van der Waals surface area contributed by atoms with Crippen molar-refractivity contribution < 1.29 is 9.59 Å². The second-order valence-corrected chi connectivity index (χ2v) is 7.11. The van der Waals surface area contributed by atoms with E-state index in [1.807, 2.05) is 65.6 Å². The number of anilines is 1. The van der Waals surface area contributed by atoms with Gasteiger partial charge in [-0.3, -0.25) is 9.59 Å². The molecule has 2 amide bonds. The Morgan fingerprint density at radius 1 is 0.929 bits per heavy atom. The molecule has 3 aromatic carbocycles. The Hall–Kier alpha value is -3.40. The number of carbonyl (C=O) groups excluding carboxylic acids is 2. The van der Waals surface area contributed by atoms with E-state index < -0.39 is 0 Å². The molecule has 4 heteroatoms. The first kappa shape index (κ1) is 18.0. The number of hydrogen-bond donors (Lipinski definition) is 1. The summed E-state index contributed by atoms with van der Waals surface area (Å²) in [5, 5.41) is 2.95. The van der Waals surface area contributed by atoms with Crippen LogP contribution in [0, 0.1) is 0 Å². The monoisotopic (exact) mass is 370 g/mol. The van der Waals surface area contributed by atoms with Crippen LogP contribution in [0.25, 0.3) is 0 Å². The normalized spacial score (nSPS) is 15.2. The van der Waals surface area contributed by atoms with Crippen molar-refractivity contribution in [3.63, 3.8) is 0 Å². The highest BCUT2D eigenvalue weighted by Gasteiger charge is 2.31. The molecule has 0 saturated heterocycles. The Morgan fingerprint density at radius 2 is 1.57 bits per heavy atom. The molecule has 1 unspecified atom stereocenters. The molecule has 140 valence electrons. The summed E-state index contributed by atoms with van der Waals surface area (Å²) < 4.78 is 0. The number of rotatable bonds is 4. The van der Waals surface area contributed by atoms with Crippen LogP contribution < -0.4 is 10.2 Å². The molecule has 0 saturated carbocycles. The minimum atomic E-state index is -0.105. The first-order valence-corrected chi connectivity index (χ1v) is 9.47. The van der Waals surface area contributed by atoms with Crippen molar-refractivity contribution in [1.29, 1.82) is 0 Å². The van der Waals surface area contributed by atoms with Crippen LogP contribution in [0.3, 0.4) is 0 Å². The fourth-order valence-corrected chi connectivity index (χ4v) is 3.67. The van der Waals surface area contributed by atoms with E-state index in [0.29, 0.717) is 17.7 Å². The maximum Gasteiger partial charge on any atom is 0.258 e. The van der Waals surface area contributed by atoms with Gasteiger partial charge < -0.3 is 10.2 Å². The average molecular weight is 370 g/mol. The van der Waals surface area contributed by atoms with Crippen molar-refractivity contribution in [1.82, 2.24) is 5.32 Å². The Bertz CT molecular complexity index is 1000. The molecule has 0 spiro atoms. The predicted octanol–water partition coefficient (Wildman–Crippen LogP) is 4.21. The zero-order chi connectivity index (χ0) is 19.5. The SMILES string of the molecule is CC1Cc2ccc(CNC(=O)c3ccccc3)cc2N1C(=O)c1ccccc1. The summed E-state index contributed by atoms with van der Waals surface area (Å²) in [6, 6.07) is 24.7. The highest BCUT2D eigenvalue weighted by molar-refractivity contribution is 6.07. The molecular weight excluding hydrogens is 348 g/mol. The standard InChI is InChI=1S/C24H22N2O2/c1-17-14-21-13-12-18(16-25-23(27)19-8-4-2-5-9-19)15-22(21)26(17)24(28)20-10-6-3-7-11-20/h2-13,15,17H,14,16H2,1H3,(H,25,27). The highest BCUT2D eigenvalue weighted by atomic mass is 16.2. The quantitative estimate of drug-likeness (QED) is 0.748. The Morgan fingerprint density at radius 3 is 2.25 bits per heavy atom. The molecule has 4 nitrogen and oxygen atoms in total. The summed E-state index contributed by atoms with van der Waals surface area (Å²) >= 11 is 0. The van der Waals surface area contributed by atoms with Gasteiger partial charge in [-0.15, -0.1) is 0 Å². The Balaban J connectivity index is 1.53. The van der Waals surface area contributed by atoms with Gasteiger partial charge in [-0.2, -0.15) is 0 Å². The van der Waals surface area contributed by atoms with Gasteiger partial charge in [0, 0.05) is 29.4 Å². The van der Waals surface area contributed by atoms with Crippen LogP contribution in [0.5, 0.6) is 0 Å². The van der Waals surface area contributed by atoms with Gasteiger partial charge in [-0.1, -0.05) is 48.5 Å². The molecule has 4 rings (SSSR count). The fraction of sp³-hybridized carbons (Fsp3) is 0.167. The fourth-order valence-electron chi connectivity index (χ4n) is 3.67. The molecule has 0 aromatic heterocycles. The minimum absolute atomic E-state index is 0.0114. The molecule has 1 aliphatic rings. The molecule has 3 aromatic rings. The van der Waals surface area contributed by atoms with Gasteiger partial charge in [0.25, 0.3) is 11.8 Å². The molecule has 1 N–H and O–H groups in total. The highest BCUT2D eigenvalue weighted by Crippen LogP contribution is 2.34. The van der Waals surface area contributed by atoms with E-state index in [1.54, 1.807) is 12.1 Å². The lowest BCUT2D eigenvalue weighted by atomic mass is 10.1. The van der Waals surface area contributed by atoms with Crippen LogP contribution in [0.1, 0.15) is 38.8 Å². The zero-order valence-corrected chi connectivity index (χ0v) is 15.8. The van der Waals surface area contributed by atoms with Crippen molar-refractivity contribution in [3.8, 4) is 0 Å². The molecule has 1 heterocycles. The summed E-state index contributed by atoms with van der Waals surface area (Å²) in [6.07, 6.45) is 0.838. The topological polar surface area (TPSA) is 49.4 Å². The van der Waals surface area contributed by atoms with Gasteiger partial charge in [0.1, 0.15) is 0 Å². The van der Waals surface area contributed by atoms with Crippen LogP contribution >= 0.6 is 0 Å². The number of benzene rings is 3. The molecule has 28 heavy (non-hydrogen) atoms. The first-order chi connectivity index (χ1) is 13.6. The third kappa shape index (κ3) is 3.54. The molecule has 0 bridgehead atoms. The first-order valence-electron chi connectivity index (χ1n) is 9.47. The van der Waals surface area contributed by atoms with Crippen LogP contribution in [-0.2, 0) is 13.0 Å². The third-order valence-corrected chi connectivity index (χ3v) is 5.09. The summed E-state index contributed by atoms with van der Waals surface area (Å²) in [5.74, 6) is -0.0935. The Kier molecular flexibility index (Phi) is 4.94. The lowest BCUT2D eigenvalue weighted by Crippen LogP contribution is -2.35. The van der Waals surface area contributed by atoms with Crippen LogP contribution in [0.15, 0.2) is 78.9 Å². The second-order valence-electron chi connectivity index (χ2n) is 7.11. The summed E-state index contributed by atoms with van der Waals surface area (Å²) in [5.41, 5.74) is 4.40. The zero-order valence-electron chi connectivity index (χ0n) is 15.8. The summed E-state index contributed by atoms with van der Waals surface area (Å²) in [4.78, 5) is 27.2. The van der Waals surface area contributed by atoms with E-state index in [-0.39, 0.29) is 17.9 Å². The van der Waals surface area contributed by atoms with Gasteiger partial charge in [0.15, 0.2) is 0 Å². The van der Waals surface area contributed by atoms with Gasteiger partial charge in [0.05, 0.1) is 0 Å². The number of carbonyl (C=O) groups is 2. The summed E-state index contributed by atoms with van der Waals surface area (Å²) in [7, 11) is 0. The second kappa shape index (κ2) is 7.69. The van der Waals surface area contributed by atoms with Crippen molar-refractivity contribution in [2.24, 2.45) is 0 Å². The van der Waals surface area contributed by atoms with Crippen molar-refractivity contribution in [2.75, 3.05) is 4.90 Å². The van der Waals surface area contributed by atoms with E-state index in [4.69, 9.17) is 0 Å². The van der Waals surface area contributed by atoms with Gasteiger partial charge in [-0.05, 0) is 54.8 Å². The molecule has 1 aliphatic heterocycles. The third-order valence-electron chi connectivity index (χ3n) is 5.09. The predicted molar refractivity (Wildman–Crippen MR) is 110 cm³/mol. The van der Waals surface area contributed by atoms with Crippen LogP contribution in [0.2, 0.25) is 0 Å². The van der Waals surface area contributed by atoms with Crippen LogP contribution in [-0.4, -0.2) is 17.9 Å². The van der Waals surface area contributed by atoms with E-state index >= 15 is 0 Å². The van der Waals surface area contributed by atoms with Crippen molar-refractivity contribution in [2.45, 2.75) is 25.9 Å². The van der Waals surface area contributed by atoms with Gasteiger partial charge >= 0.3 is 0 Å². The summed E-state index contributed by atoms with van der Waals surface area (Å²) in [6.45, 7) is 2.49. The van der Waals surface area contributed by atoms with E-state index in [2.05, 4.69) is 18.3 Å². The minimum Gasteiger partial charge on any atom is -0.348 e. The lowest BCUT2D eigenvalue weighted by molar-refractivity contribution is 0.0948. The van der Waals surface area contributed by atoms with E-state index in [9.17, 15) is 9.59 Å². The molecule has 0 aliphatic carbocycles. The number of amides is 2. The number of nitrogens with zero attached hydrogens (tertiary/aromatic N) is 1. The van der Waals surface area contributed by atoms with Gasteiger partial charge in [-0.25, -0.2) is 0 Å². The van der Waals surface area contributed by atoms with Crippen LogP contribution in [0.4, 0.5) is 5.69 Å². The largest absolute Gasteiger partial charge is 0.348 e. The molecule has 0 fully saturated rings. The lowest BCUT2D eigenvalue weighted by Gasteiger charge is -2.23. The van der Waals surface area contributed by atoms with E-state index in [0.717, 1.165) is 23.2 Å².